The lowest BCUT2D eigenvalue weighted by Gasteiger charge is -2.22. The van der Waals surface area contributed by atoms with Gasteiger partial charge in [0.15, 0.2) is 5.82 Å². The van der Waals surface area contributed by atoms with Crippen LogP contribution in [0.3, 0.4) is 0 Å². The maximum Gasteiger partial charge on any atom is 0.252 e. The molecular formula is C10H12F2N4O. The topological polar surface area (TPSA) is 70.1 Å². The van der Waals surface area contributed by atoms with Crippen LogP contribution in [0.2, 0.25) is 0 Å². The first kappa shape index (κ1) is 11.7. The quantitative estimate of drug-likeness (QED) is 0.776. The normalized spacial score (nSPS) is 18.8. The number of hydrogen-bond acceptors (Lipinski definition) is 4. The third-order valence-electron chi connectivity index (χ3n) is 2.57. The zero-order valence-corrected chi connectivity index (χ0v) is 9.04. The van der Waals surface area contributed by atoms with Crippen LogP contribution < -0.4 is 11.0 Å². The summed E-state index contributed by atoms with van der Waals surface area (Å²) in [6, 6.07) is 1.25. The zero-order chi connectivity index (χ0) is 12.3. The Kier molecular flexibility index (Phi) is 3.16. The Morgan fingerprint density at radius 2 is 2.12 bits per heavy atom. The number of alkyl halides is 2. The summed E-state index contributed by atoms with van der Waals surface area (Å²) < 4.78 is 25.7. The lowest BCUT2D eigenvalue weighted by molar-refractivity contribution is -0.0181. The highest BCUT2D eigenvalue weighted by Gasteiger charge is 2.33. The second-order valence-electron chi connectivity index (χ2n) is 3.94. The molecule has 0 unspecified atom stereocenters. The molecule has 0 spiro atoms. The maximum absolute atomic E-state index is 12.9. The molecule has 0 aliphatic heterocycles. The van der Waals surface area contributed by atoms with Gasteiger partial charge in [0.05, 0.1) is 6.33 Å². The van der Waals surface area contributed by atoms with Crippen LogP contribution in [0.25, 0.3) is 0 Å². The van der Waals surface area contributed by atoms with E-state index in [-0.39, 0.29) is 31.2 Å². The van der Waals surface area contributed by atoms with Crippen molar-refractivity contribution in [2.75, 3.05) is 5.43 Å². The van der Waals surface area contributed by atoms with E-state index in [0.717, 1.165) is 0 Å². The highest BCUT2D eigenvalue weighted by Crippen LogP contribution is 2.31. The van der Waals surface area contributed by atoms with Crippen molar-refractivity contribution in [3.8, 4) is 0 Å². The van der Waals surface area contributed by atoms with E-state index in [1.807, 2.05) is 0 Å². The SMILES string of the molecule is O=c1cc(NN=C2CCC(F)(F)CC2)nc[nH]1. The van der Waals surface area contributed by atoms with E-state index in [2.05, 4.69) is 20.5 Å². The van der Waals surface area contributed by atoms with E-state index in [0.29, 0.717) is 11.5 Å². The Balaban J connectivity index is 1.96. The Morgan fingerprint density at radius 3 is 2.76 bits per heavy atom. The summed E-state index contributed by atoms with van der Waals surface area (Å²) in [6.07, 6.45) is 1.44. The van der Waals surface area contributed by atoms with Crippen molar-refractivity contribution in [3.63, 3.8) is 0 Å². The third kappa shape index (κ3) is 3.33. The number of nitrogens with zero attached hydrogens (tertiary/aromatic N) is 2. The summed E-state index contributed by atoms with van der Waals surface area (Å²) in [5, 5.41) is 3.98. The van der Waals surface area contributed by atoms with Crippen LogP contribution >= 0.6 is 0 Å². The van der Waals surface area contributed by atoms with Gasteiger partial charge in [-0.15, -0.1) is 0 Å². The Bertz CT molecular complexity index is 471. The summed E-state index contributed by atoms with van der Waals surface area (Å²) in [5.74, 6) is -2.26. The van der Waals surface area contributed by atoms with Crippen molar-refractivity contribution in [2.45, 2.75) is 31.6 Å². The smallest absolute Gasteiger partial charge is 0.252 e. The molecule has 1 aromatic heterocycles. The molecule has 92 valence electrons. The minimum Gasteiger partial charge on any atom is -0.313 e. The fraction of sp³-hybridized carbons (Fsp3) is 0.500. The molecule has 5 nitrogen and oxygen atoms in total. The summed E-state index contributed by atoms with van der Waals surface area (Å²) in [4.78, 5) is 17.1. The molecule has 0 aromatic carbocycles. The van der Waals surface area contributed by atoms with Crippen molar-refractivity contribution in [2.24, 2.45) is 5.10 Å². The summed E-state index contributed by atoms with van der Waals surface area (Å²) in [6.45, 7) is 0. The zero-order valence-electron chi connectivity index (χ0n) is 9.04. The maximum atomic E-state index is 12.9. The second kappa shape index (κ2) is 4.60. The van der Waals surface area contributed by atoms with Crippen molar-refractivity contribution < 1.29 is 8.78 Å². The van der Waals surface area contributed by atoms with E-state index in [9.17, 15) is 13.6 Å². The van der Waals surface area contributed by atoms with Gasteiger partial charge >= 0.3 is 0 Å². The molecular weight excluding hydrogens is 230 g/mol. The molecule has 7 heteroatoms. The van der Waals surface area contributed by atoms with E-state index < -0.39 is 5.92 Å². The summed E-state index contributed by atoms with van der Waals surface area (Å²) in [5.41, 5.74) is 2.98. The average molecular weight is 242 g/mol. The number of hydrogen-bond donors (Lipinski definition) is 2. The summed E-state index contributed by atoms with van der Waals surface area (Å²) in [7, 11) is 0. The molecule has 1 heterocycles. The second-order valence-corrected chi connectivity index (χ2v) is 3.94. The van der Waals surface area contributed by atoms with Gasteiger partial charge in [0.2, 0.25) is 5.92 Å². The first-order valence-corrected chi connectivity index (χ1v) is 5.29. The van der Waals surface area contributed by atoms with Crippen molar-refractivity contribution in [3.05, 3.63) is 22.7 Å². The van der Waals surface area contributed by atoms with Crippen LogP contribution in [0.4, 0.5) is 14.6 Å². The van der Waals surface area contributed by atoms with E-state index in [4.69, 9.17) is 0 Å². The minimum absolute atomic E-state index is 0.170. The van der Waals surface area contributed by atoms with Crippen LogP contribution in [0.1, 0.15) is 25.7 Å². The molecule has 1 fully saturated rings. The number of rotatable bonds is 2. The number of anilines is 1. The number of H-pyrrole nitrogens is 1. The predicted molar refractivity (Wildman–Crippen MR) is 59.3 cm³/mol. The van der Waals surface area contributed by atoms with Crippen LogP contribution in [0.5, 0.6) is 0 Å². The van der Waals surface area contributed by atoms with Gasteiger partial charge in [-0.1, -0.05) is 0 Å². The predicted octanol–water partition coefficient (Wildman–Crippen LogP) is 1.75. The molecule has 0 bridgehead atoms. The standard InChI is InChI=1S/C10H12F2N4O/c11-10(12)3-1-7(2-4-10)15-16-8-5-9(17)14-6-13-8/h5-6H,1-4H2,(H2,13,14,16,17). The van der Waals surface area contributed by atoms with Gasteiger partial charge in [-0.25, -0.2) is 13.8 Å². The first-order valence-electron chi connectivity index (χ1n) is 5.29. The highest BCUT2D eigenvalue weighted by atomic mass is 19.3. The molecule has 1 aromatic rings. The molecule has 1 aliphatic carbocycles. The minimum atomic E-state index is -2.57. The van der Waals surface area contributed by atoms with Crippen LogP contribution in [0.15, 0.2) is 22.3 Å². The Hall–Kier alpha value is -1.79. The molecule has 1 saturated carbocycles. The van der Waals surface area contributed by atoms with Gasteiger partial charge in [-0.2, -0.15) is 5.10 Å². The number of nitrogens with one attached hydrogen (secondary N) is 2. The van der Waals surface area contributed by atoms with Gasteiger partial charge in [0.25, 0.3) is 5.56 Å². The van der Waals surface area contributed by atoms with Gasteiger partial charge < -0.3 is 4.98 Å². The molecule has 0 atom stereocenters. The lowest BCUT2D eigenvalue weighted by Crippen LogP contribution is -2.25. The van der Waals surface area contributed by atoms with Gasteiger partial charge in [0, 0.05) is 24.6 Å². The number of hydrazone groups is 1. The molecule has 1 aliphatic rings. The molecule has 17 heavy (non-hydrogen) atoms. The van der Waals surface area contributed by atoms with E-state index in [1.54, 1.807) is 0 Å². The number of aromatic amines is 1. The third-order valence-corrected chi connectivity index (χ3v) is 2.57. The van der Waals surface area contributed by atoms with Gasteiger partial charge in [-0.05, 0) is 12.8 Å². The van der Waals surface area contributed by atoms with Gasteiger partial charge in [-0.3, -0.25) is 10.2 Å². The molecule has 0 amide bonds. The largest absolute Gasteiger partial charge is 0.313 e. The Morgan fingerprint density at radius 1 is 1.41 bits per heavy atom. The number of aromatic nitrogens is 2. The van der Waals surface area contributed by atoms with E-state index >= 15 is 0 Å². The summed E-state index contributed by atoms with van der Waals surface area (Å²) >= 11 is 0. The van der Waals surface area contributed by atoms with Crippen LogP contribution in [0, 0.1) is 0 Å². The van der Waals surface area contributed by atoms with Crippen molar-refractivity contribution >= 4 is 11.5 Å². The highest BCUT2D eigenvalue weighted by molar-refractivity contribution is 5.85. The monoisotopic (exact) mass is 242 g/mol. The molecule has 0 radical (unpaired) electrons. The first-order chi connectivity index (χ1) is 8.05. The van der Waals surface area contributed by atoms with Gasteiger partial charge in [0.1, 0.15) is 0 Å². The van der Waals surface area contributed by atoms with Crippen molar-refractivity contribution in [1.82, 2.24) is 9.97 Å². The fourth-order valence-corrected chi connectivity index (χ4v) is 1.58. The van der Waals surface area contributed by atoms with Crippen molar-refractivity contribution in [1.29, 1.82) is 0 Å². The number of halogens is 2. The Labute approximate surface area is 96.0 Å². The molecule has 2 rings (SSSR count). The molecule has 0 saturated heterocycles. The van der Waals surface area contributed by atoms with E-state index in [1.165, 1.54) is 12.4 Å². The molecule has 2 N–H and O–H groups in total. The average Bonchev–Trinajstić information content (AvgIpc) is 2.28. The van der Waals surface area contributed by atoms with Crippen LogP contribution in [-0.4, -0.2) is 21.6 Å². The fourth-order valence-electron chi connectivity index (χ4n) is 1.58. The van der Waals surface area contributed by atoms with Crippen LogP contribution in [-0.2, 0) is 0 Å². The lowest BCUT2D eigenvalue weighted by atomic mass is 9.95.